The van der Waals surface area contributed by atoms with E-state index >= 15 is 0 Å². The molecule has 1 aromatic rings. The molecule has 1 fully saturated rings. The van der Waals surface area contributed by atoms with E-state index in [1.807, 2.05) is 0 Å². The van der Waals surface area contributed by atoms with E-state index < -0.39 is 0 Å². The first kappa shape index (κ1) is 13.3. The van der Waals surface area contributed by atoms with Crippen LogP contribution in [0.4, 0.5) is 5.69 Å². The van der Waals surface area contributed by atoms with Crippen LogP contribution in [0.15, 0.2) is 18.2 Å². The van der Waals surface area contributed by atoms with Crippen molar-refractivity contribution >= 4 is 17.4 Å². The van der Waals surface area contributed by atoms with Crippen molar-refractivity contribution in [2.75, 3.05) is 30.7 Å². The van der Waals surface area contributed by atoms with Crippen LogP contribution >= 0.6 is 11.8 Å². The maximum absolute atomic E-state index is 3.49. The van der Waals surface area contributed by atoms with Crippen LogP contribution in [0.5, 0.6) is 0 Å². The first-order chi connectivity index (χ1) is 9.12. The van der Waals surface area contributed by atoms with Gasteiger partial charge in [0.25, 0.3) is 0 Å². The van der Waals surface area contributed by atoms with E-state index in [0.29, 0.717) is 4.75 Å². The highest BCUT2D eigenvalue weighted by atomic mass is 32.2. The Morgan fingerprint density at radius 1 is 1.37 bits per heavy atom. The van der Waals surface area contributed by atoms with Gasteiger partial charge in [-0.2, -0.15) is 11.8 Å². The molecule has 0 radical (unpaired) electrons. The Morgan fingerprint density at radius 3 is 3.11 bits per heavy atom. The van der Waals surface area contributed by atoms with Crippen molar-refractivity contribution in [2.45, 2.75) is 38.0 Å². The summed E-state index contributed by atoms with van der Waals surface area (Å²) < 4.78 is 0.411. The van der Waals surface area contributed by atoms with Crippen molar-refractivity contribution in [3.8, 4) is 0 Å². The number of nitrogens with zero attached hydrogens (tertiary/aromatic N) is 1. The molecule has 0 aliphatic carbocycles. The predicted octanol–water partition coefficient (Wildman–Crippen LogP) is 3.37. The summed E-state index contributed by atoms with van der Waals surface area (Å²) in [4.78, 5) is 2.61. The normalized spacial score (nSPS) is 22.6. The second-order valence-electron chi connectivity index (χ2n) is 6.34. The summed E-state index contributed by atoms with van der Waals surface area (Å²) in [7, 11) is 0. The molecule has 104 valence electrons. The number of hydrogen-bond donors (Lipinski definition) is 1. The molecule has 2 aliphatic rings. The highest BCUT2D eigenvalue weighted by molar-refractivity contribution is 8.00. The summed E-state index contributed by atoms with van der Waals surface area (Å²) in [5.41, 5.74) is 4.34. The van der Waals surface area contributed by atoms with Gasteiger partial charge in [-0.3, -0.25) is 4.90 Å². The maximum Gasteiger partial charge on any atom is 0.0372 e. The van der Waals surface area contributed by atoms with Crippen molar-refractivity contribution in [3.63, 3.8) is 0 Å². The van der Waals surface area contributed by atoms with E-state index in [1.165, 1.54) is 48.5 Å². The molecule has 3 rings (SSSR count). The van der Waals surface area contributed by atoms with E-state index in [2.05, 4.69) is 54.0 Å². The van der Waals surface area contributed by atoms with Crippen LogP contribution < -0.4 is 5.32 Å². The Kier molecular flexibility index (Phi) is 3.77. The average molecular weight is 276 g/mol. The van der Waals surface area contributed by atoms with Crippen molar-refractivity contribution in [3.05, 3.63) is 29.3 Å². The zero-order chi connectivity index (χ0) is 13.3. The molecule has 0 unspecified atom stereocenters. The Labute approximate surface area is 121 Å². The molecular formula is C16H24N2S. The van der Waals surface area contributed by atoms with Crippen molar-refractivity contribution < 1.29 is 0 Å². The SMILES string of the molecule is CC1(C)CN(Cc2ccc3c(c2)CCCN3)CCS1. The highest BCUT2D eigenvalue weighted by Crippen LogP contribution is 2.30. The van der Waals surface area contributed by atoms with Crippen LogP contribution in [0.2, 0.25) is 0 Å². The van der Waals surface area contributed by atoms with E-state index in [9.17, 15) is 0 Å². The van der Waals surface area contributed by atoms with Gasteiger partial charge in [-0.25, -0.2) is 0 Å². The molecule has 2 aliphatic heterocycles. The minimum absolute atomic E-state index is 0.411. The Bertz CT molecular complexity index is 456. The number of thioether (sulfide) groups is 1. The molecule has 0 spiro atoms. The first-order valence-corrected chi connectivity index (χ1v) is 8.33. The number of aryl methyl sites for hydroxylation is 1. The number of benzene rings is 1. The number of rotatable bonds is 2. The molecule has 19 heavy (non-hydrogen) atoms. The Balaban J connectivity index is 1.69. The fraction of sp³-hybridized carbons (Fsp3) is 0.625. The molecule has 1 saturated heterocycles. The highest BCUT2D eigenvalue weighted by Gasteiger charge is 2.26. The third-order valence-corrected chi connectivity index (χ3v) is 5.32. The lowest BCUT2D eigenvalue weighted by Crippen LogP contribution is -2.42. The third-order valence-electron chi connectivity index (χ3n) is 4.02. The zero-order valence-corrected chi connectivity index (χ0v) is 12.9. The summed E-state index contributed by atoms with van der Waals surface area (Å²) in [5.74, 6) is 1.26. The molecule has 0 aromatic heterocycles. The van der Waals surface area contributed by atoms with Gasteiger partial charge >= 0.3 is 0 Å². The second kappa shape index (κ2) is 5.37. The average Bonchev–Trinajstić information content (AvgIpc) is 2.37. The van der Waals surface area contributed by atoms with Crippen LogP contribution in [0.3, 0.4) is 0 Å². The van der Waals surface area contributed by atoms with Crippen LogP contribution in [-0.4, -0.2) is 35.0 Å². The molecule has 0 atom stereocenters. The lowest BCUT2D eigenvalue weighted by molar-refractivity contribution is 0.252. The lowest BCUT2D eigenvalue weighted by atomic mass is 10.0. The van der Waals surface area contributed by atoms with Crippen LogP contribution in [0.25, 0.3) is 0 Å². The molecule has 0 amide bonds. The van der Waals surface area contributed by atoms with Gasteiger partial charge in [0.1, 0.15) is 0 Å². The zero-order valence-electron chi connectivity index (χ0n) is 12.0. The Hall–Kier alpha value is -0.670. The van der Waals surface area contributed by atoms with Gasteiger partial charge < -0.3 is 5.32 Å². The van der Waals surface area contributed by atoms with Gasteiger partial charge in [-0.05, 0) is 43.9 Å². The van der Waals surface area contributed by atoms with Gasteiger partial charge in [-0.15, -0.1) is 0 Å². The third kappa shape index (κ3) is 3.26. The van der Waals surface area contributed by atoms with Crippen LogP contribution in [0.1, 0.15) is 31.4 Å². The summed E-state index contributed by atoms with van der Waals surface area (Å²) in [6.45, 7) is 9.39. The van der Waals surface area contributed by atoms with Crippen LogP contribution in [0, 0.1) is 0 Å². The standard InChI is InChI=1S/C16H24N2S/c1-16(2)12-18(8-9-19-16)11-13-5-6-15-14(10-13)4-3-7-17-15/h5-6,10,17H,3-4,7-9,11-12H2,1-2H3. The van der Waals surface area contributed by atoms with Gasteiger partial charge in [0.05, 0.1) is 0 Å². The fourth-order valence-electron chi connectivity index (χ4n) is 3.13. The number of nitrogens with one attached hydrogen (secondary N) is 1. The van der Waals surface area contributed by atoms with Gasteiger partial charge in [0, 0.05) is 42.4 Å². The molecule has 1 aromatic carbocycles. The number of hydrogen-bond acceptors (Lipinski definition) is 3. The minimum Gasteiger partial charge on any atom is -0.385 e. The Morgan fingerprint density at radius 2 is 2.26 bits per heavy atom. The largest absolute Gasteiger partial charge is 0.385 e. The lowest BCUT2D eigenvalue weighted by Gasteiger charge is -2.37. The predicted molar refractivity (Wildman–Crippen MR) is 85.1 cm³/mol. The number of fused-ring (bicyclic) bond motifs is 1. The topological polar surface area (TPSA) is 15.3 Å². The molecule has 0 saturated carbocycles. The van der Waals surface area contributed by atoms with Crippen molar-refractivity contribution in [2.24, 2.45) is 0 Å². The first-order valence-electron chi connectivity index (χ1n) is 7.34. The summed E-state index contributed by atoms with van der Waals surface area (Å²) in [6, 6.07) is 6.98. The van der Waals surface area contributed by atoms with Crippen molar-refractivity contribution in [1.82, 2.24) is 4.90 Å². The molecule has 2 nitrogen and oxygen atoms in total. The van der Waals surface area contributed by atoms with Gasteiger partial charge in [0.15, 0.2) is 0 Å². The summed E-state index contributed by atoms with van der Waals surface area (Å²) in [6.07, 6.45) is 2.50. The second-order valence-corrected chi connectivity index (χ2v) is 8.14. The maximum atomic E-state index is 3.49. The van der Waals surface area contributed by atoms with E-state index in [0.717, 1.165) is 13.1 Å². The number of anilines is 1. The van der Waals surface area contributed by atoms with Gasteiger partial charge in [0.2, 0.25) is 0 Å². The quantitative estimate of drug-likeness (QED) is 0.891. The van der Waals surface area contributed by atoms with Crippen molar-refractivity contribution in [1.29, 1.82) is 0 Å². The van der Waals surface area contributed by atoms with E-state index in [1.54, 1.807) is 0 Å². The molecule has 3 heteroatoms. The van der Waals surface area contributed by atoms with E-state index in [-0.39, 0.29) is 0 Å². The molecule has 1 N–H and O–H groups in total. The minimum atomic E-state index is 0.411. The smallest absolute Gasteiger partial charge is 0.0372 e. The van der Waals surface area contributed by atoms with E-state index in [4.69, 9.17) is 0 Å². The monoisotopic (exact) mass is 276 g/mol. The summed E-state index contributed by atoms with van der Waals surface area (Å²) in [5, 5.41) is 3.49. The summed E-state index contributed by atoms with van der Waals surface area (Å²) >= 11 is 2.11. The molecular weight excluding hydrogens is 252 g/mol. The molecule has 2 heterocycles. The van der Waals surface area contributed by atoms with Gasteiger partial charge in [-0.1, -0.05) is 12.1 Å². The van der Waals surface area contributed by atoms with Crippen LogP contribution in [-0.2, 0) is 13.0 Å². The molecule has 0 bridgehead atoms. The fourth-order valence-corrected chi connectivity index (χ4v) is 4.31.